The van der Waals surface area contributed by atoms with Crippen molar-refractivity contribution in [3.8, 4) is 6.07 Å². The van der Waals surface area contributed by atoms with Crippen LogP contribution < -0.4 is 0 Å². The molecule has 6 nitrogen and oxygen atoms in total. The van der Waals surface area contributed by atoms with E-state index < -0.39 is 32.8 Å². The predicted octanol–water partition coefficient (Wildman–Crippen LogP) is 2.73. The highest BCUT2D eigenvalue weighted by molar-refractivity contribution is 6.31. The number of rotatable bonds is 4. The second-order valence-corrected chi connectivity index (χ2v) is 4.41. The maximum Gasteiger partial charge on any atom is 0.331 e. The molecule has 0 saturated carbocycles. The third kappa shape index (κ3) is 2.70. The first kappa shape index (κ1) is 15.9. The Balaban J connectivity index is 3.58. The van der Waals surface area contributed by atoms with Gasteiger partial charge in [-0.25, -0.2) is 9.18 Å². The lowest BCUT2D eigenvalue weighted by atomic mass is 9.83. The highest BCUT2D eigenvalue weighted by Gasteiger charge is 2.43. The van der Waals surface area contributed by atoms with E-state index in [1.54, 1.807) is 6.07 Å². The number of halogens is 2. The van der Waals surface area contributed by atoms with Gasteiger partial charge in [-0.3, -0.25) is 10.1 Å². The van der Waals surface area contributed by atoms with Crippen molar-refractivity contribution in [1.82, 2.24) is 0 Å². The van der Waals surface area contributed by atoms with Crippen molar-refractivity contribution >= 4 is 23.3 Å². The average molecular weight is 301 g/mol. The molecule has 20 heavy (non-hydrogen) atoms. The normalized spacial score (nSPS) is 13.2. The molecule has 0 amide bonds. The molecule has 0 aliphatic rings. The predicted molar refractivity (Wildman–Crippen MR) is 67.7 cm³/mol. The molecule has 0 bridgehead atoms. The lowest BCUT2D eigenvalue weighted by molar-refractivity contribution is -0.386. The monoisotopic (exact) mass is 300 g/mol. The number of nitriles is 1. The van der Waals surface area contributed by atoms with E-state index in [4.69, 9.17) is 16.3 Å². The Morgan fingerprint density at radius 3 is 2.70 bits per heavy atom. The van der Waals surface area contributed by atoms with Gasteiger partial charge in [0.15, 0.2) is 5.41 Å². The van der Waals surface area contributed by atoms with Crippen molar-refractivity contribution in [1.29, 1.82) is 5.26 Å². The Hall–Kier alpha value is -2.20. The molecule has 0 radical (unpaired) electrons. The van der Waals surface area contributed by atoms with Crippen LogP contribution >= 0.6 is 11.6 Å². The van der Waals surface area contributed by atoms with Crippen LogP contribution in [0, 0.1) is 27.3 Å². The van der Waals surface area contributed by atoms with Crippen molar-refractivity contribution < 1.29 is 18.8 Å². The molecule has 1 rings (SSSR count). The number of benzene rings is 1. The molecule has 0 spiro atoms. The van der Waals surface area contributed by atoms with Gasteiger partial charge in [-0.15, -0.1) is 0 Å². The van der Waals surface area contributed by atoms with Gasteiger partial charge in [0.05, 0.1) is 34.3 Å². The van der Waals surface area contributed by atoms with E-state index in [1.165, 1.54) is 6.92 Å². The summed E-state index contributed by atoms with van der Waals surface area (Å²) in [6.45, 7) is 2.68. The summed E-state index contributed by atoms with van der Waals surface area (Å²) in [5.41, 5.74) is -2.96. The number of nitro benzene ring substituents is 1. The smallest absolute Gasteiger partial charge is 0.331 e. The SMILES string of the molecule is CCOC(=O)C(C)(C#N)c1cc(Cl)c(F)cc1[N+](=O)[O-]. The van der Waals surface area contributed by atoms with Gasteiger partial charge < -0.3 is 4.74 Å². The molecule has 1 atom stereocenters. The molecule has 0 aliphatic heterocycles. The van der Waals surface area contributed by atoms with Crippen molar-refractivity contribution in [3.05, 3.63) is 38.7 Å². The molecule has 1 aromatic rings. The van der Waals surface area contributed by atoms with E-state index in [0.29, 0.717) is 6.07 Å². The number of carbonyl (C=O) groups excluding carboxylic acids is 1. The minimum absolute atomic E-state index is 0.00116. The van der Waals surface area contributed by atoms with Gasteiger partial charge in [0.1, 0.15) is 5.82 Å². The van der Waals surface area contributed by atoms with Crippen molar-refractivity contribution in [2.45, 2.75) is 19.3 Å². The quantitative estimate of drug-likeness (QED) is 0.484. The van der Waals surface area contributed by atoms with Crippen LogP contribution in [0.1, 0.15) is 19.4 Å². The average Bonchev–Trinajstić information content (AvgIpc) is 2.40. The summed E-state index contributed by atoms with van der Waals surface area (Å²) < 4.78 is 18.1. The molecule has 106 valence electrons. The number of hydrogen-bond acceptors (Lipinski definition) is 5. The standard InChI is InChI=1S/C12H10ClFN2O4/c1-3-20-11(17)12(2,6-15)7-4-8(13)9(14)5-10(7)16(18)19/h4-5H,3H2,1-2H3. The fraction of sp³-hybridized carbons (Fsp3) is 0.333. The zero-order chi connectivity index (χ0) is 15.5. The third-order valence-electron chi connectivity index (χ3n) is 2.68. The summed E-state index contributed by atoms with van der Waals surface area (Å²) in [7, 11) is 0. The van der Waals surface area contributed by atoms with Gasteiger partial charge in [0.25, 0.3) is 5.69 Å². The van der Waals surface area contributed by atoms with Gasteiger partial charge >= 0.3 is 5.97 Å². The molecule has 8 heteroatoms. The highest BCUT2D eigenvalue weighted by Crippen LogP contribution is 2.36. The molecule has 0 aromatic heterocycles. The van der Waals surface area contributed by atoms with Crippen LogP contribution in [0.2, 0.25) is 5.02 Å². The molecule has 0 saturated heterocycles. The zero-order valence-corrected chi connectivity index (χ0v) is 11.4. The highest BCUT2D eigenvalue weighted by atomic mass is 35.5. The molecule has 1 unspecified atom stereocenters. The molecular weight excluding hydrogens is 291 g/mol. The summed E-state index contributed by atoms with van der Waals surface area (Å²) in [6.07, 6.45) is 0. The Morgan fingerprint density at radius 2 is 2.25 bits per heavy atom. The first-order valence-electron chi connectivity index (χ1n) is 5.50. The maximum atomic E-state index is 13.3. The van der Waals surface area contributed by atoms with E-state index in [9.17, 15) is 24.6 Å². The molecule has 1 aromatic carbocycles. The number of carbonyl (C=O) groups is 1. The van der Waals surface area contributed by atoms with Crippen LogP contribution in [-0.4, -0.2) is 17.5 Å². The third-order valence-corrected chi connectivity index (χ3v) is 2.97. The van der Waals surface area contributed by atoms with Gasteiger partial charge in [0, 0.05) is 0 Å². The topological polar surface area (TPSA) is 93.2 Å². The zero-order valence-electron chi connectivity index (χ0n) is 10.6. The Bertz CT molecular complexity index is 614. The minimum atomic E-state index is -1.95. The van der Waals surface area contributed by atoms with Gasteiger partial charge in [0.2, 0.25) is 0 Å². The second-order valence-electron chi connectivity index (χ2n) is 4.00. The summed E-state index contributed by atoms with van der Waals surface area (Å²) in [5, 5.41) is 19.7. The fourth-order valence-electron chi connectivity index (χ4n) is 1.58. The molecule has 0 fully saturated rings. The van der Waals surface area contributed by atoms with Crippen molar-refractivity contribution in [3.63, 3.8) is 0 Å². The van der Waals surface area contributed by atoms with E-state index in [1.807, 2.05) is 0 Å². The molecular formula is C12H10ClFN2O4. The van der Waals surface area contributed by atoms with Gasteiger partial charge in [-0.2, -0.15) is 5.26 Å². The second kappa shape index (κ2) is 5.84. The van der Waals surface area contributed by atoms with Crippen LogP contribution in [0.25, 0.3) is 0 Å². The lowest BCUT2D eigenvalue weighted by Crippen LogP contribution is -2.33. The maximum absolute atomic E-state index is 13.3. The number of nitrogens with zero attached hydrogens (tertiary/aromatic N) is 2. The van der Waals surface area contributed by atoms with Crippen LogP contribution in [-0.2, 0) is 14.9 Å². The minimum Gasteiger partial charge on any atom is -0.465 e. The van der Waals surface area contributed by atoms with E-state index in [-0.39, 0.29) is 12.2 Å². The lowest BCUT2D eigenvalue weighted by Gasteiger charge is -2.20. The van der Waals surface area contributed by atoms with Crippen LogP contribution in [0.3, 0.4) is 0 Å². The first-order chi connectivity index (χ1) is 9.27. The van der Waals surface area contributed by atoms with E-state index >= 15 is 0 Å². The van der Waals surface area contributed by atoms with E-state index in [0.717, 1.165) is 13.0 Å². The summed E-state index contributed by atoms with van der Waals surface area (Å²) in [5.74, 6) is -1.97. The Morgan fingerprint density at radius 1 is 1.65 bits per heavy atom. The number of ether oxygens (including phenoxy) is 1. The molecule has 0 aliphatic carbocycles. The van der Waals surface area contributed by atoms with Crippen LogP contribution in [0.15, 0.2) is 12.1 Å². The van der Waals surface area contributed by atoms with Crippen molar-refractivity contribution in [2.75, 3.05) is 6.61 Å². The summed E-state index contributed by atoms with van der Waals surface area (Å²) >= 11 is 5.58. The Labute approximate surface area is 118 Å². The largest absolute Gasteiger partial charge is 0.465 e. The number of hydrogen-bond donors (Lipinski definition) is 0. The first-order valence-corrected chi connectivity index (χ1v) is 5.88. The van der Waals surface area contributed by atoms with Crippen molar-refractivity contribution in [2.24, 2.45) is 0 Å². The van der Waals surface area contributed by atoms with Gasteiger partial charge in [-0.05, 0) is 19.9 Å². The fourth-order valence-corrected chi connectivity index (χ4v) is 1.74. The molecule has 0 N–H and O–H groups in total. The number of nitro groups is 1. The summed E-state index contributed by atoms with van der Waals surface area (Å²) in [6, 6.07) is 3.14. The van der Waals surface area contributed by atoms with E-state index in [2.05, 4.69) is 0 Å². The Kier molecular flexibility index (Phi) is 4.63. The van der Waals surface area contributed by atoms with Crippen LogP contribution in [0.4, 0.5) is 10.1 Å². The summed E-state index contributed by atoms with van der Waals surface area (Å²) in [4.78, 5) is 21.9. The van der Waals surface area contributed by atoms with Gasteiger partial charge in [-0.1, -0.05) is 11.6 Å². The van der Waals surface area contributed by atoms with Crippen LogP contribution in [0.5, 0.6) is 0 Å². The molecule has 0 heterocycles. The number of esters is 1.